The van der Waals surface area contributed by atoms with Crippen LogP contribution in [0, 0.1) is 0 Å². The number of benzene rings is 2. The fraction of sp³-hybridized carbons (Fsp3) is 0.0714. The molecule has 0 saturated carbocycles. The number of fused-ring (bicyclic) bond motifs is 1. The maximum absolute atomic E-state index is 12.6. The van der Waals surface area contributed by atoms with Crippen molar-refractivity contribution in [3.63, 3.8) is 0 Å². The largest absolute Gasteiger partial charge is 0.398 e. The summed E-state index contributed by atoms with van der Waals surface area (Å²) in [4.78, 5) is 4.35. The van der Waals surface area contributed by atoms with Gasteiger partial charge in [-0.15, -0.1) is 0 Å². The molecule has 0 unspecified atom stereocenters. The highest BCUT2D eigenvalue weighted by Crippen LogP contribution is 2.31. The lowest BCUT2D eigenvalue weighted by atomic mass is 10.2. The van der Waals surface area contributed by atoms with Crippen molar-refractivity contribution in [3.8, 4) is 0 Å². The lowest BCUT2D eigenvalue weighted by Gasteiger charge is -2.24. The monoisotopic (exact) mass is 321 g/mol. The van der Waals surface area contributed by atoms with Crippen LogP contribution in [-0.2, 0) is 16.6 Å². The number of sulfonamides is 1. The van der Waals surface area contributed by atoms with Gasteiger partial charge in [0.25, 0.3) is 10.0 Å². The Morgan fingerprint density at radius 1 is 1.19 bits per heavy atom. The zero-order valence-corrected chi connectivity index (χ0v) is 12.5. The molecule has 7 heteroatoms. The van der Waals surface area contributed by atoms with Crippen LogP contribution in [0.1, 0.15) is 5.56 Å². The molecule has 0 radical (unpaired) electrons. The van der Waals surface area contributed by atoms with E-state index in [4.69, 9.17) is 17.3 Å². The summed E-state index contributed by atoms with van der Waals surface area (Å²) in [7, 11) is -3.63. The number of para-hydroxylation sites is 1. The van der Waals surface area contributed by atoms with Gasteiger partial charge < -0.3 is 5.73 Å². The third-order valence-electron chi connectivity index (χ3n) is 3.21. The van der Waals surface area contributed by atoms with Crippen LogP contribution in [0.2, 0.25) is 5.02 Å². The first-order valence-electron chi connectivity index (χ1n) is 6.17. The quantitative estimate of drug-likeness (QED) is 0.864. The Kier molecular flexibility index (Phi) is 3.35. The fourth-order valence-electron chi connectivity index (χ4n) is 2.10. The van der Waals surface area contributed by atoms with E-state index in [2.05, 4.69) is 4.99 Å². The number of hydrogen-bond donors (Lipinski definition) is 1. The standard InChI is InChI=1S/C14H12ClN3O2S/c15-11-5-6-12(16)10(7-11)8-18-9-17-13-3-1-2-4-14(13)21(18,19)20/h1-7,9H,8,16H2. The Labute approximate surface area is 127 Å². The highest BCUT2D eigenvalue weighted by atomic mass is 35.5. The Hall–Kier alpha value is -2.05. The Morgan fingerprint density at radius 3 is 2.76 bits per heavy atom. The van der Waals surface area contributed by atoms with Gasteiger partial charge in [0.05, 0.1) is 12.2 Å². The number of rotatable bonds is 2. The van der Waals surface area contributed by atoms with E-state index in [1.807, 2.05) is 0 Å². The van der Waals surface area contributed by atoms with Gasteiger partial charge in [-0.3, -0.25) is 4.31 Å². The summed E-state index contributed by atoms with van der Waals surface area (Å²) in [6.45, 7) is 0.0898. The number of nitrogens with zero attached hydrogens (tertiary/aromatic N) is 2. The maximum Gasteiger partial charge on any atom is 0.267 e. The summed E-state index contributed by atoms with van der Waals surface area (Å²) >= 11 is 5.93. The predicted octanol–water partition coefficient (Wildman–Crippen LogP) is 2.79. The van der Waals surface area contributed by atoms with Gasteiger partial charge in [-0.1, -0.05) is 23.7 Å². The van der Waals surface area contributed by atoms with E-state index in [1.54, 1.807) is 36.4 Å². The highest BCUT2D eigenvalue weighted by Gasteiger charge is 2.28. The third-order valence-corrected chi connectivity index (χ3v) is 5.19. The molecule has 2 aromatic rings. The van der Waals surface area contributed by atoms with Crippen molar-refractivity contribution >= 4 is 39.3 Å². The molecule has 0 bridgehead atoms. The minimum absolute atomic E-state index is 0.0898. The van der Waals surface area contributed by atoms with Gasteiger partial charge in [0.1, 0.15) is 11.2 Å². The van der Waals surface area contributed by atoms with Crippen molar-refractivity contribution in [2.45, 2.75) is 11.4 Å². The lowest BCUT2D eigenvalue weighted by molar-refractivity contribution is 0.522. The summed E-state index contributed by atoms with van der Waals surface area (Å²) < 4.78 is 26.3. The minimum atomic E-state index is -3.63. The number of anilines is 1. The van der Waals surface area contributed by atoms with Gasteiger partial charge in [-0.25, -0.2) is 13.4 Å². The van der Waals surface area contributed by atoms with Crippen LogP contribution in [0.4, 0.5) is 11.4 Å². The number of nitrogen functional groups attached to an aromatic ring is 1. The molecule has 0 aliphatic carbocycles. The van der Waals surface area contributed by atoms with Crippen molar-refractivity contribution in [2.75, 3.05) is 5.73 Å². The first-order valence-corrected chi connectivity index (χ1v) is 7.99. The average Bonchev–Trinajstić information content (AvgIpc) is 2.46. The second kappa shape index (κ2) is 5.05. The van der Waals surface area contributed by atoms with Crippen LogP contribution in [-0.4, -0.2) is 19.1 Å². The van der Waals surface area contributed by atoms with Crippen LogP contribution < -0.4 is 5.73 Å². The Balaban J connectivity index is 2.00. The minimum Gasteiger partial charge on any atom is -0.398 e. The molecular weight excluding hydrogens is 310 g/mol. The maximum atomic E-state index is 12.6. The van der Waals surface area contributed by atoms with Gasteiger partial charge in [0.2, 0.25) is 0 Å². The SMILES string of the molecule is Nc1ccc(Cl)cc1CN1C=Nc2ccccc2S1(=O)=O. The topological polar surface area (TPSA) is 75.8 Å². The molecule has 108 valence electrons. The van der Waals surface area contributed by atoms with E-state index >= 15 is 0 Å². The van der Waals surface area contributed by atoms with E-state index in [0.717, 1.165) is 4.31 Å². The number of aliphatic imine (C=N–C) groups is 1. The first-order chi connectivity index (χ1) is 9.98. The van der Waals surface area contributed by atoms with Crippen molar-refractivity contribution in [1.29, 1.82) is 0 Å². The van der Waals surface area contributed by atoms with Crippen molar-refractivity contribution < 1.29 is 8.42 Å². The van der Waals surface area contributed by atoms with Crippen LogP contribution in [0.25, 0.3) is 0 Å². The van der Waals surface area contributed by atoms with E-state index in [1.165, 1.54) is 12.4 Å². The number of halogens is 1. The van der Waals surface area contributed by atoms with Gasteiger partial charge in [0, 0.05) is 10.7 Å². The second-order valence-corrected chi connectivity index (χ2v) is 6.90. The molecule has 0 amide bonds. The molecule has 2 aromatic carbocycles. The molecule has 0 aromatic heterocycles. The molecule has 0 saturated heterocycles. The van der Waals surface area contributed by atoms with Crippen LogP contribution in [0.15, 0.2) is 52.4 Å². The average molecular weight is 322 g/mol. The van der Waals surface area contributed by atoms with Gasteiger partial charge in [0.15, 0.2) is 0 Å². The molecule has 1 heterocycles. The fourth-order valence-corrected chi connectivity index (χ4v) is 3.67. The Bertz CT molecular complexity index is 834. The van der Waals surface area contributed by atoms with Crippen molar-refractivity contribution in [1.82, 2.24) is 4.31 Å². The summed E-state index contributed by atoms with van der Waals surface area (Å²) in [6.07, 6.45) is 1.30. The van der Waals surface area contributed by atoms with E-state index in [0.29, 0.717) is 22.0 Å². The predicted molar refractivity (Wildman–Crippen MR) is 83.2 cm³/mol. The number of nitrogens with two attached hydrogens (primary N) is 1. The zero-order valence-electron chi connectivity index (χ0n) is 10.9. The summed E-state index contributed by atoms with van der Waals surface area (Å²) in [5.41, 5.74) is 7.43. The van der Waals surface area contributed by atoms with Crippen molar-refractivity contribution in [3.05, 3.63) is 53.1 Å². The highest BCUT2D eigenvalue weighted by molar-refractivity contribution is 7.89. The molecule has 3 rings (SSSR count). The zero-order chi connectivity index (χ0) is 15.0. The van der Waals surface area contributed by atoms with E-state index < -0.39 is 10.0 Å². The lowest BCUT2D eigenvalue weighted by Crippen LogP contribution is -2.31. The van der Waals surface area contributed by atoms with Crippen molar-refractivity contribution in [2.24, 2.45) is 4.99 Å². The van der Waals surface area contributed by atoms with Crippen LogP contribution in [0.5, 0.6) is 0 Å². The van der Waals surface area contributed by atoms with Gasteiger partial charge in [-0.2, -0.15) is 0 Å². The molecule has 1 aliphatic rings. The molecular formula is C14H12ClN3O2S. The number of hydrogen-bond acceptors (Lipinski definition) is 4. The second-order valence-electron chi connectivity index (χ2n) is 4.61. The van der Waals surface area contributed by atoms with Gasteiger partial charge >= 0.3 is 0 Å². The molecule has 0 atom stereocenters. The van der Waals surface area contributed by atoms with E-state index in [-0.39, 0.29) is 11.4 Å². The van der Waals surface area contributed by atoms with Crippen LogP contribution >= 0.6 is 11.6 Å². The summed E-state index contributed by atoms with van der Waals surface area (Å²) in [6, 6.07) is 11.6. The van der Waals surface area contributed by atoms with Crippen LogP contribution in [0.3, 0.4) is 0 Å². The molecule has 1 aliphatic heterocycles. The Morgan fingerprint density at radius 2 is 1.95 bits per heavy atom. The normalized spacial score (nSPS) is 15.8. The molecule has 0 fully saturated rings. The smallest absolute Gasteiger partial charge is 0.267 e. The summed E-state index contributed by atoms with van der Waals surface area (Å²) in [5.74, 6) is 0. The van der Waals surface area contributed by atoms with E-state index in [9.17, 15) is 8.42 Å². The van der Waals surface area contributed by atoms with Gasteiger partial charge in [-0.05, 0) is 35.9 Å². The molecule has 2 N–H and O–H groups in total. The summed E-state index contributed by atoms with van der Waals surface area (Å²) in [5, 5.41) is 0.506. The molecule has 21 heavy (non-hydrogen) atoms. The third kappa shape index (κ3) is 2.48. The molecule has 0 spiro atoms. The first kappa shape index (κ1) is 13.9. The molecule has 5 nitrogen and oxygen atoms in total.